The Balaban J connectivity index is 1.53. The van der Waals surface area contributed by atoms with Gasteiger partial charge in [0.25, 0.3) is 0 Å². The molecule has 8 heteroatoms. The van der Waals surface area contributed by atoms with Crippen LogP contribution in [-0.4, -0.2) is 36.6 Å². The first-order valence-corrected chi connectivity index (χ1v) is 10.6. The third-order valence-corrected chi connectivity index (χ3v) is 6.03. The summed E-state index contributed by atoms with van der Waals surface area (Å²) in [7, 11) is 3.10. The van der Waals surface area contributed by atoms with Crippen LogP contribution in [0.15, 0.2) is 58.3 Å². The molecule has 1 amide bonds. The molecule has 0 spiro atoms. The highest BCUT2D eigenvalue weighted by molar-refractivity contribution is 8.01. The molecule has 0 fully saturated rings. The molecule has 2 aromatic carbocycles. The molecule has 0 radical (unpaired) electrons. The van der Waals surface area contributed by atoms with Crippen LogP contribution in [0.2, 0.25) is 0 Å². The first kappa shape index (κ1) is 20.9. The number of rotatable bonds is 9. The Morgan fingerprint density at radius 1 is 1.07 bits per heavy atom. The zero-order valence-corrected chi connectivity index (χ0v) is 17.6. The van der Waals surface area contributed by atoms with E-state index in [-0.39, 0.29) is 18.1 Å². The lowest BCUT2D eigenvalue weighted by Crippen LogP contribution is -2.14. The lowest BCUT2D eigenvalue weighted by Gasteiger charge is -2.10. The number of methoxy groups -OCH3 is 2. The Morgan fingerprint density at radius 2 is 1.83 bits per heavy atom. The summed E-state index contributed by atoms with van der Waals surface area (Å²) in [6.45, 7) is 0. The number of hydrogen-bond donors (Lipinski definition) is 1. The monoisotopic (exact) mass is 428 g/mol. The fourth-order valence-corrected chi connectivity index (χ4v) is 4.29. The molecular weight excluding hydrogens is 408 g/mol. The van der Waals surface area contributed by atoms with Crippen LogP contribution in [-0.2, 0) is 11.2 Å². The number of nitrogens with zero attached hydrogens (tertiary/aromatic N) is 1. The Labute approximate surface area is 177 Å². The van der Waals surface area contributed by atoms with Crippen molar-refractivity contribution in [3.63, 3.8) is 0 Å². The minimum atomic E-state index is -0.181. The molecule has 0 aliphatic heterocycles. The summed E-state index contributed by atoms with van der Waals surface area (Å²) >= 11 is 2.81. The van der Waals surface area contributed by atoms with E-state index in [1.54, 1.807) is 44.6 Å². The normalized spacial score (nSPS) is 10.4. The van der Waals surface area contributed by atoms with Crippen molar-refractivity contribution in [3.8, 4) is 11.5 Å². The van der Waals surface area contributed by atoms with Crippen LogP contribution < -0.4 is 14.8 Å². The maximum atomic E-state index is 12.3. The number of amides is 1. The van der Waals surface area contributed by atoms with Gasteiger partial charge in [-0.2, -0.15) is 0 Å². The van der Waals surface area contributed by atoms with E-state index in [0.717, 1.165) is 4.34 Å². The van der Waals surface area contributed by atoms with Gasteiger partial charge in [-0.1, -0.05) is 42.1 Å². The molecule has 1 N–H and O–H groups in total. The minimum absolute atomic E-state index is 0.0542. The molecule has 0 aliphatic carbocycles. The van der Waals surface area contributed by atoms with E-state index in [1.807, 2.05) is 23.6 Å². The fourth-order valence-electron chi connectivity index (χ4n) is 2.55. The van der Waals surface area contributed by atoms with Crippen molar-refractivity contribution >= 4 is 40.5 Å². The van der Waals surface area contributed by atoms with Crippen molar-refractivity contribution in [2.45, 2.75) is 10.8 Å². The Bertz CT molecular complexity index is 989. The van der Waals surface area contributed by atoms with Gasteiger partial charge in [0.15, 0.2) is 21.6 Å². The van der Waals surface area contributed by atoms with Crippen LogP contribution in [0, 0.1) is 0 Å². The molecule has 6 nitrogen and oxygen atoms in total. The topological polar surface area (TPSA) is 77.5 Å². The van der Waals surface area contributed by atoms with Crippen molar-refractivity contribution in [3.05, 3.63) is 65.2 Å². The number of Topliss-reactive ketones (excluding diaryl/α,β-unsaturated/α-hetero) is 1. The average molecular weight is 429 g/mol. The molecule has 0 saturated heterocycles. The van der Waals surface area contributed by atoms with E-state index in [0.29, 0.717) is 34.2 Å². The number of ether oxygens (including phenoxy) is 2. The summed E-state index contributed by atoms with van der Waals surface area (Å²) in [4.78, 5) is 28.9. The highest BCUT2D eigenvalue weighted by Crippen LogP contribution is 2.30. The number of nitrogens with one attached hydrogen (secondary N) is 1. The minimum Gasteiger partial charge on any atom is -0.493 e. The Kier molecular flexibility index (Phi) is 7.26. The zero-order valence-electron chi connectivity index (χ0n) is 16.0. The summed E-state index contributed by atoms with van der Waals surface area (Å²) in [6.07, 6.45) is 0.151. The van der Waals surface area contributed by atoms with Gasteiger partial charge < -0.3 is 14.8 Å². The number of carbonyl (C=O) groups excluding carboxylic acids is 2. The summed E-state index contributed by atoms with van der Waals surface area (Å²) in [5.41, 5.74) is 1.97. The molecule has 1 heterocycles. The molecular formula is C21H20N2O4S2. The number of benzene rings is 2. The second kappa shape index (κ2) is 10.1. The molecule has 0 saturated carbocycles. The number of thiazole rings is 1. The van der Waals surface area contributed by atoms with E-state index >= 15 is 0 Å². The molecule has 150 valence electrons. The smallest absolute Gasteiger partial charge is 0.230 e. The number of carbonyl (C=O) groups is 2. The van der Waals surface area contributed by atoms with Crippen molar-refractivity contribution in [2.24, 2.45) is 0 Å². The van der Waals surface area contributed by atoms with Crippen LogP contribution in [0.25, 0.3) is 0 Å². The summed E-state index contributed by atoms with van der Waals surface area (Å²) in [5.74, 6) is 1.32. The maximum absolute atomic E-state index is 12.3. The fraction of sp³-hybridized carbons (Fsp3) is 0.190. The van der Waals surface area contributed by atoms with Gasteiger partial charge >= 0.3 is 0 Å². The predicted molar refractivity (Wildman–Crippen MR) is 115 cm³/mol. The summed E-state index contributed by atoms with van der Waals surface area (Å²) < 4.78 is 11.2. The number of thioether (sulfide) groups is 1. The number of aromatic nitrogens is 1. The highest BCUT2D eigenvalue weighted by atomic mass is 32.2. The van der Waals surface area contributed by atoms with Crippen molar-refractivity contribution in [1.82, 2.24) is 4.98 Å². The Morgan fingerprint density at radius 3 is 2.55 bits per heavy atom. The molecule has 3 rings (SSSR count). The molecule has 29 heavy (non-hydrogen) atoms. The molecule has 0 bridgehead atoms. The van der Waals surface area contributed by atoms with Gasteiger partial charge in [0, 0.05) is 22.7 Å². The summed E-state index contributed by atoms with van der Waals surface area (Å²) in [5, 5.41) is 4.66. The van der Waals surface area contributed by atoms with Crippen LogP contribution >= 0.6 is 23.1 Å². The van der Waals surface area contributed by atoms with E-state index in [2.05, 4.69) is 10.3 Å². The molecule has 0 atom stereocenters. The first-order chi connectivity index (χ1) is 14.1. The van der Waals surface area contributed by atoms with Gasteiger partial charge in [-0.25, -0.2) is 4.98 Å². The van der Waals surface area contributed by atoms with E-state index in [9.17, 15) is 9.59 Å². The number of hydrogen-bond acceptors (Lipinski definition) is 7. The maximum Gasteiger partial charge on any atom is 0.230 e. The Hall–Kier alpha value is -2.84. The van der Waals surface area contributed by atoms with E-state index < -0.39 is 0 Å². The third kappa shape index (κ3) is 5.82. The predicted octanol–water partition coefficient (Wildman–Crippen LogP) is 4.32. The second-order valence-electron chi connectivity index (χ2n) is 5.98. The van der Waals surface area contributed by atoms with Gasteiger partial charge in [-0.15, -0.1) is 11.3 Å². The van der Waals surface area contributed by atoms with Crippen LogP contribution in [0.1, 0.15) is 16.1 Å². The first-order valence-electron chi connectivity index (χ1n) is 8.76. The van der Waals surface area contributed by atoms with Gasteiger partial charge in [0.2, 0.25) is 5.91 Å². The quantitative estimate of drug-likeness (QED) is 0.404. The largest absolute Gasteiger partial charge is 0.493 e. The third-order valence-electron chi connectivity index (χ3n) is 3.96. The van der Waals surface area contributed by atoms with Crippen molar-refractivity contribution in [1.29, 1.82) is 0 Å². The SMILES string of the molecule is COc1ccc(NC(=O)Cc2csc(SCC(=O)c3ccccc3)n2)cc1OC. The molecule has 0 aliphatic rings. The van der Waals surface area contributed by atoms with Crippen LogP contribution in [0.4, 0.5) is 5.69 Å². The zero-order chi connectivity index (χ0) is 20.6. The van der Waals surface area contributed by atoms with Crippen molar-refractivity contribution in [2.75, 3.05) is 25.3 Å². The number of ketones is 1. The van der Waals surface area contributed by atoms with E-state index in [1.165, 1.54) is 23.1 Å². The summed E-state index contributed by atoms with van der Waals surface area (Å²) in [6, 6.07) is 14.3. The molecule has 3 aromatic rings. The van der Waals surface area contributed by atoms with Gasteiger partial charge in [-0.3, -0.25) is 9.59 Å². The number of anilines is 1. The van der Waals surface area contributed by atoms with E-state index in [4.69, 9.17) is 9.47 Å². The molecule has 1 aromatic heterocycles. The van der Waals surface area contributed by atoms with Gasteiger partial charge in [0.05, 0.1) is 32.1 Å². The van der Waals surface area contributed by atoms with Gasteiger partial charge in [-0.05, 0) is 12.1 Å². The average Bonchev–Trinajstić information content (AvgIpc) is 3.19. The lowest BCUT2D eigenvalue weighted by molar-refractivity contribution is -0.115. The molecule has 0 unspecified atom stereocenters. The standard InChI is InChI=1S/C21H20N2O4S2/c1-26-18-9-8-15(10-19(18)27-2)22-20(25)11-16-12-28-21(23-16)29-13-17(24)14-6-4-3-5-7-14/h3-10,12H,11,13H2,1-2H3,(H,22,25). The lowest BCUT2D eigenvalue weighted by atomic mass is 10.2. The second-order valence-corrected chi connectivity index (χ2v) is 8.06. The van der Waals surface area contributed by atoms with Crippen LogP contribution in [0.3, 0.4) is 0 Å². The van der Waals surface area contributed by atoms with Gasteiger partial charge in [0.1, 0.15) is 0 Å². The highest BCUT2D eigenvalue weighted by Gasteiger charge is 2.12. The van der Waals surface area contributed by atoms with Crippen LogP contribution in [0.5, 0.6) is 11.5 Å². The van der Waals surface area contributed by atoms with Crippen molar-refractivity contribution < 1.29 is 19.1 Å².